The van der Waals surface area contributed by atoms with Crippen LogP contribution in [0.25, 0.3) is 55.3 Å². The van der Waals surface area contributed by atoms with Crippen molar-refractivity contribution in [2.45, 2.75) is 45.1 Å². The van der Waals surface area contributed by atoms with E-state index in [9.17, 15) is 0 Å². The molecule has 2 saturated heterocycles. The average molecular weight is 939 g/mol. The van der Waals surface area contributed by atoms with Crippen molar-refractivity contribution < 1.29 is 9.47 Å². The Morgan fingerprint density at radius 3 is 1.61 bits per heavy atom. The number of fused-ring (bicyclic) bond motifs is 2. The molecule has 7 aromatic rings. The number of nitrogens with one attached hydrogen (secondary N) is 2. The Morgan fingerprint density at radius 2 is 1.13 bits per heavy atom. The highest BCUT2D eigenvalue weighted by molar-refractivity contribution is 5.84. The molecule has 0 bridgehead atoms. The molecule has 16 nitrogen and oxygen atoms in total. The monoisotopic (exact) mass is 939 g/mol. The van der Waals surface area contributed by atoms with Gasteiger partial charge in [-0.25, -0.2) is 14.6 Å². The number of likely N-dealkylation sites (N-methyl/N-ethyl adjacent to an activating group) is 2. The van der Waals surface area contributed by atoms with Crippen molar-refractivity contribution in [3.05, 3.63) is 107 Å². The van der Waals surface area contributed by atoms with Gasteiger partial charge in [0.1, 0.15) is 29.8 Å². The lowest BCUT2D eigenvalue weighted by Crippen LogP contribution is -2.44. The second kappa shape index (κ2) is 26.0. The molecule has 3 aromatic heterocycles. The molecule has 2 aliphatic rings. The van der Waals surface area contributed by atoms with E-state index in [1.165, 1.54) is 11.4 Å². The van der Waals surface area contributed by atoms with E-state index in [4.69, 9.17) is 44.2 Å². The molecule has 0 aliphatic carbocycles. The first kappa shape index (κ1) is 50.0. The molecule has 4 aromatic carbocycles. The highest BCUT2D eigenvalue weighted by atomic mass is 16.5. The Hall–Kier alpha value is -7.93. The van der Waals surface area contributed by atoms with E-state index in [1.807, 2.05) is 59.4 Å². The standard InChI is InChI=1S/C27H31N7O.C20H23N7O.C7H8/c1-3-4-5-6-22-20-34(31-30-22)17-18-35-24-10-7-21(8-11-24)27-28-25-12-9-23(19-26(25)29-27)33-15-13-32(2)14-16-33;1-26-9-11-27(12-10-26)16-4-7-18-19(14-16)24-20(23-18)15-2-5-17(6-3-15)28-13-8-22-25-21;1-3-5-7-6-4-2/h1,7-12,19-20H,4-6,13-18H2,2H3,(H,28,29);2-7,14H,8-13H2,1H3,(H,23,24);1-2H,5-7H2. The fraction of sp³-hybridized carbons (Fsp3) is 0.370. The molecule has 0 spiro atoms. The Morgan fingerprint density at radius 1 is 0.643 bits per heavy atom. The number of aromatic amines is 2. The van der Waals surface area contributed by atoms with Crippen molar-refractivity contribution in [1.29, 1.82) is 0 Å². The van der Waals surface area contributed by atoms with Crippen LogP contribution in [-0.2, 0) is 13.0 Å². The highest BCUT2D eigenvalue weighted by Crippen LogP contribution is 2.28. The maximum Gasteiger partial charge on any atom is 0.138 e. The Labute approximate surface area is 411 Å². The second-order valence-corrected chi connectivity index (χ2v) is 17.1. The Balaban J connectivity index is 0.000000185. The van der Waals surface area contributed by atoms with Gasteiger partial charge in [0.2, 0.25) is 0 Å². The van der Waals surface area contributed by atoms with Crippen LogP contribution in [0.4, 0.5) is 11.4 Å². The lowest BCUT2D eigenvalue weighted by atomic mass is 10.2. The molecule has 2 N–H and O–H groups in total. The van der Waals surface area contributed by atoms with E-state index >= 15 is 0 Å². The number of rotatable bonds is 17. The van der Waals surface area contributed by atoms with Gasteiger partial charge in [-0.1, -0.05) is 10.3 Å². The zero-order valence-electron chi connectivity index (χ0n) is 40.3. The predicted octanol–water partition coefficient (Wildman–Crippen LogP) is 8.70. The van der Waals surface area contributed by atoms with Gasteiger partial charge in [-0.05, 0) is 124 Å². The molecule has 2 fully saturated rings. The molecule has 0 atom stereocenters. The van der Waals surface area contributed by atoms with Gasteiger partial charge in [0.25, 0.3) is 0 Å². The number of aromatic nitrogens is 7. The van der Waals surface area contributed by atoms with Crippen LogP contribution in [0.1, 0.15) is 37.8 Å². The molecule has 70 heavy (non-hydrogen) atoms. The summed E-state index contributed by atoms with van der Waals surface area (Å²) in [5.41, 5.74) is 17.8. The Bertz CT molecular complexity index is 2880. The zero-order valence-corrected chi connectivity index (χ0v) is 40.3. The normalized spacial score (nSPS) is 13.8. The molecule has 9 rings (SSSR count). The summed E-state index contributed by atoms with van der Waals surface area (Å²) in [5.74, 6) is 10.9. The maximum atomic E-state index is 8.28. The van der Waals surface area contributed by atoms with Gasteiger partial charge in [-0.15, -0.1) is 42.1 Å². The minimum absolute atomic E-state index is 0.317. The van der Waals surface area contributed by atoms with Crippen molar-refractivity contribution in [3.8, 4) is 71.3 Å². The molecular weight excluding hydrogens is 877 g/mol. The third kappa shape index (κ3) is 14.5. The van der Waals surface area contributed by atoms with Crippen molar-refractivity contribution in [1.82, 2.24) is 44.7 Å². The molecule has 16 heteroatoms. The summed E-state index contributed by atoms with van der Waals surface area (Å²) in [4.78, 5) is 28.7. The SMILES string of the molecule is C#CCCCC#C.C#CCCCc1cn(CCOc2ccc(-c3nc4ccc(N5CCN(C)CC5)cc4[nH]3)cc2)nn1.CN1CCN(c2ccc3nc(-c4ccc(OCCN=[N+]=[N-])cc4)[nH]c3c2)CC1. The molecule has 2 aliphatic heterocycles. The van der Waals surface area contributed by atoms with Crippen LogP contribution in [0.2, 0.25) is 0 Å². The summed E-state index contributed by atoms with van der Waals surface area (Å²) < 4.78 is 13.3. The van der Waals surface area contributed by atoms with Gasteiger partial charge in [0.05, 0.1) is 47.5 Å². The number of unbranched alkanes of at least 4 members (excludes halogenated alkanes) is 3. The van der Waals surface area contributed by atoms with Gasteiger partial charge < -0.3 is 39.0 Å². The molecule has 0 radical (unpaired) electrons. The molecule has 360 valence electrons. The minimum atomic E-state index is 0.317. The maximum absolute atomic E-state index is 8.28. The van der Waals surface area contributed by atoms with Crippen molar-refractivity contribution in [3.63, 3.8) is 0 Å². The molecular formula is C54H62N14O2. The van der Waals surface area contributed by atoms with Crippen LogP contribution >= 0.6 is 0 Å². The third-order valence-electron chi connectivity index (χ3n) is 12.0. The van der Waals surface area contributed by atoms with Gasteiger partial charge in [0.15, 0.2) is 0 Å². The van der Waals surface area contributed by atoms with Crippen LogP contribution in [0.3, 0.4) is 0 Å². The average Bonchev–Trinajstić information content (AvgIpc) is 4.15. The molecule has 0 amide bonds. The van der Waals surface area contributed by atoms with Crippen molar-refractivity contribution in [2.24, 2.45) is 5.11 Å². The van der Waals surface area contributed by atoms with Crippen molar-refractivity contribution >= 4 is 33.4 Å². The van der Waals surface area contributed by atoms with Gasteiger partial charge in [0, 0.05) is 105 Å². The minimum Gasteiger partial charge on any atom is -0.493 e. The van der Waals surface area contributed by atoms with Crippen LogP contribution < -0.4 is 19.3 Å². The number of anilines is 2. The van der Waals surface area contributed by atoms with Crippen LogP contribution in [-0.4, -0.2) is 131 Å². The predicted molar refractivity (Wildman–Crippen MR) is 281 cm³/mol. The fourth-order valence-corrected chi connectivity index (χ4v) is 7.94. The quantitative estimate of drug-likeness (QED) is 0.0296. The van der Waals surface area contributed by atoms with E-state index in [0.717, 1.165) is 153 Å². The summed E-state index contributed by atoms with van der Waals surface area (Å²) in [7, 11) is 4.34. The Kier molecular flexibility index (Phi) is 18.6. The zero-order chi connectivity index (χ0) is 48.9. The van der Waals surface area contributed by atoms with Crippen molar-refractivity contribution in [2.75, 3.05) is 96.0 Å². The van der Waals surface area contributed by atoms with Crippen LogP contribution in [0, 0.1) is 37.0 Å². The number of benzene rings is 4. The van der Waals surface area contributed by atoms with Gasteiger partial charge >= 0.3 is 0 Å². The first-order chi connectivity index (χ1) is 34.3. The van der Waals surface area contributed by atoms with E-state index in [2.05, 4.69) is 118 Å². The van der Waals surface area contributed by atoms with E-state index in [1.54, 1.807) is 0 Å². The number of imidazole rings is 2. The lowest BCUT2D eigenvalue weighted by Gasteiger charge is -2.34. The van der Waals surface area contributed by atoms with E-state index in [-0.39, 0.29) is 0 Å². The van der Waals surface area contributed by atoms with Crippen LogP contribution in [0.15, 0.2) is 96.2 Å². The van der Waals surface area contributed by atoms with Crippen LogP contribution in [0.5, 0.6) is 11.5 Å². The molecule has 0 saturated carbocycles. The summed E-state index contributed by atoms with van der Waals surface area (Å²) in [6, 6.07) is 28.7. The topological polar surface area (TPSA) is 168 Å². The smallest absolute Gasteiger partial charge is 0.138 e. The number of H-pyrrole nitrogens is 2. The summed E-state index contributed by atoms with van der Waals surface area (Å²) in [6.07, 6.45) is 22.3. The van der Waals surface area contributed by atoms with Gasteiger partial charge in [-0.2, -0.15) is 0 Å². The summed E-state index contributed by atoms with van der Waals surface area (Å²) >= 11 is 0. The number of azide groups is 1. The van der Waals surface area contributed by atoms with Gasteiger partial charge in [-0.3, -0.25) is 0 Å². The number of ether oxygens (including phenoxy) is 2. The molecule has 5 heterocycles. The summed E-state index contributed by atoms with van der Waals surface area (Å²) in [5, 5.41) is 11.8. The number of hydrogen-bond acceptors (Lipinski definition) is 11. The number of aryl methyl sites for hydroxylation is 1. The number of nitrogens with zero attached hydrogens (tertiary/aromatic N) is 12. The first-order valence-electron chi connectivity index (χ1n) is 23.9. The number of piperazine rings is 2. The lowest BCUT2D eigenvalue weighted by molar-refractivity contribution is 0.289. The molecule has 0 unspecified atom stereocenters. The summed E-state index contributed by atoms with van der Waals surface area (Å²) in [6.45, 7) is 10.4. The number of terminal acetylenes is 3. The number of hydrogen-bond donors (Lipinski definition) is 2. The fourth-order valence-electron chi connectivity index (χ4n) is 7.94. The first-order valence-corrected chi connectivity index (χ1v) is 23.9. The third-order valence-corrected chi connectivity index (χ3v) is 12.0. The highest BCUT2D eigenvalue weighted by Gasteiger charge is 2.17. The van der Waals surface area contributed by atoms with E-state index in [0.29, 0.717) is 26.3 Å². The largest absolute Gasteiger partial charge is 0.493 e. The van der Waals surface area contributed by atoms with E-state index < -0.39 is 0 Å². The second-order valence-electron chi connectivity index (χ2n) is 17.1.